The zero-order chi connectivity index (χ0) is 13.9. The molecule has 2 rings (SSSR count). The molecule has 19 heavy (non-hydrogen) atoms. The first kappa shape index (κ1) is 14.8. The first-order valence-corrected chi connectivity index (χ1v) is 7.73. The molecule has 4 heteroatoms. The van der Waals surface area contributed by atoms with Crippen LogP contribution in [0.1, 0.15) is 46.5 Å². The zero-order valence-electron chi connectivity index (χ0n) is 12.0. The van der Waals surface area contributed by atoms with Crippen molar-refractivity contribution in [2.45, 2.75) is 57.6 Å². The Hall–Kier alpha value is -0.610. The van der Waals surface area contributed by atoms with Gasteiger partial charge < -0.3 is 10.1 Å². The molecule has 0 aliphatic heterocycles. The predicted octanol–water partition coefficient (Wildman–Crippen LogP) is 3.92. The van der Waals surface area contributed by atoms with Gasteiger partial charge in [0, 0.05) is 16.2 Å². The Kier molecular flexibility index (Phi) is 4.51. The Morgan fingerprint density at radius 3 is 2.63 bits per heavy atom. The largest absolute Gasteiger partial charge is 0.486 e. The van der Waals surface area contributed by atoms with E-state index in [1.165, 1.54) is 6.42 Å². The van der Waals surface area contributed by atoms with E-state index in [2.05, 4.69) is 47.0 Å². The monoisotopic (exact) mass is 326 g/mol. The van der Waals surface area contributed by atoms with Gasteiger partial charge in [-0.15, -0.1) is 0 Å². The second-order valence-electron chi connectivity index (χ2n) is 6.40. The molecule has 1 N–H and O–H groups in total. The molecule has 106 valence electrons. The lowest BCUT2D eigenvalue weighted by molar-refractivity contribution is -0.0155. The topological polar surface area (TPSA) is 34.1 Å². The first-order valence-electron chi connectivity index (χ1n) is 6.93. The van der Waals surface area contributed by atoms with Crippen molar-refractivity contribution in [2.75, 3.05) is 6.54 Å². The molecular weight excluding hydrogens is 304 g/mol. The van der Waals surface area contributed by atoms with Gasteiger partial charge in [-0.1, -0.05) is 0 Å². The number of hydrogen-bond donors (Lipinski definition) is 1. The minimum absolute atomic E-state index is 0.0146. The van der Waals surface area contributed by atoms with Gasteiger partial charge in [0.2, 0.25) is 0 Å². The minimum Gasteiger partial charge on any atom is -0.486 e. The number of aromatic nitrogens is 1. The Morgan fingerprint density at radius 2 is 2.11 bits per heavy atom. The lowest BCUT2D eigenvalue weighted by atomic mass is 9.77. The van der Waals surface area contributed by atoms with Crippen molar-refractivity contribution in [1.82, 2.24) is 10.3 Å². The number of nitrogens with zero attached hydrogens (tertiary/aromatic N) is 1. The average Bonchev–Trinajstić information content (AvgIpc) is 2.24. The Bertz CT molecular complexity index is 424. The van der Waals surface area contributed by atoms with Gasteiger partial charge >= 0.3 is 0 Å². The van der Waals surface area contributed by atoms with Crippen LogP contribution in [0.2, 0.25) is 0 Å². The second-order valence-corrected chi connectivity index (χ2v) is 7.32. The fraction of sp³-hybridized carbons (Fsp3) is 0.667. The molecule has 0 bridgehead atoms. The smallest absolute Gasteiger partial charge is 0.139 e. The molecule has 0 atom stereocenters. The highest BCUT2D eigenvalue weighted by Gasteiger charge is 2.39. The summed E-state index contributed by atoms with van der Waals surface area (Å²) in [5.41, 5.74) is 0.184. The summed E-state index contributed by atoms with van der Waals surface area (Å²) >= 11 is 3.43. The summed E-state index contributed by atoms with van der Waals surface area (Å²) in [5, 5.41) is 3.54. The van der Waals surface area contributed by atoms with E-state index in [-0.39, 0.29) is 11.1 Å². The van der Waals surface area contributed by atoms with Gasteiger partial charge in [-0.3, -0.25) is 4.98 Å². The van der Waals surface area contributed by atoms with E-state index in [4.69, 9.17) is 4.74 Å². The van der Waals surface area contributed by atoms with Gasteiger partial charge in [-0.2, -0.15) is 0 Å². The van der Waals surface area contributed by atoms with E-state index in [9.17, 15) is 0 Å². The highest BCUT2D eigenvalue weighted by Crippen LogP contribution is 2.39. The summed E-state index contributed by atoms with van der Waals surface area (Å²) in [4.78, 5) is 4.16. The molecule has 1 fully saturated rings. The Balaban J connectivity index is 1.91. The van der Waals surface area contributed by atoms with Crippen molar-refractivity contribution in [1.29, 1.82) is 0 Å². The molecule has 1 heterocycles. The molecule has 3 nitrogen and oxygen atoms in total. The van der Waals surface area contributed by atoms with Crippen LogP contribution >= 0.6 is 15.9 Å². The molecule has 0 saturated heterocycles. The van der Waals surface area contributed by atoms with Gasteiger partial charge in [0.1, 0.15) is 11.4 Å². The van der Waals surface area contributed by atoms with Crippen molar-refractivity contribution >= 4 is 15.9 Å². The number of ether oxygens (including phenoxy) is 1. The van der Waals surface area contributed by atoms with E-state index >= 15 is 0 Å². The van der Waals surface area contributed by atoms with Crippen LogP contribution in [0, 0.1) is 0 Å². The summed E-state index contributed by atoms with van der Waals surface area (Å²) in [5.74, 6) is 0.866. The van der Waals surface area contributed by atoms with Gasteiger partial charge in [0.25, 0.3) is 0 Å². The molecular formula is C15H23BrN2O. The predicted molar refractivity (Wildman–Crippen MR) is 81.5 cm³/mol. The van der Waals surface area contributed by atoms with E-state index in [1.54, 1.807) is 12.4 Å². The van der Waals surface area contributed by atoms with Gasteiger partial charge in [0.05, 0.1) is 6.20 Å². The molecule has 1 aromatic heterocycles. The maximum atomic E-state index is 6.20. The third-order valence-corrected chi connectivity index (χ3v) is 3.95. The molecule has 0 radical (unpaired) electrons. The van der Waals surface area contributed by atoms with Crippen molar-refractivity contribution < 1.29 is 4.74 Å². The number of nitrogens with one attached hydrogen (secondary N) is 1. The summed E-state index contributed by atoms with van der Waals surface area (Å²) in [6.07, 6.45) is 8.17. The molecule has 1 aromatic rings. The summed E-state index contributed by atoms with van der Waals surface area (Å²) in [6.45, 7) is 7.57. The third-order valence-electron chi connectivity index (χ3n) is 3.51. The SMILES string of the molecule is CC(C)(C)NCCC1(Oc2cncc(Br)c2)CCC1. The summed E-state index contributed by atoms with van der Waals surface area (Å²) < 4.78 is 7.17. The number of halogens is 1. The van der Waals surface area contributed by atoms with E-state index in [1.807, 2.05) is 6.07 Å². The molecule has 1 aliphatic carbocycles. The zero-order valence-corrected chi connectivity index (χ0v) is 13.6. The van der Waals surface area contributed by atoms with Crippen LogP contribution < -0.4 is 10.1 Å². The van der Waals surface area contributed by atoms with E-state index in [0.29, 0.717) is 0 Å². The third kappa shape index (κ3) is 4.46. The highest BCUT2D eigenvalue weighted by molar-refractivity contribution is 9.10. The van der Waals surface area contributed by atoms with Crippen molar-refractivity contribution in [3.05, 3.63) is 22.9 Å². The molecule has 0 aromatic carbocycles. The first-order chi connectivity index (χ1) is 8.89. The maximum absolute atomic E-state index is 6.20. The summed E-state index contributed by atoms with van der Waals surface area (Å²) in [7, 11) is 0. The van der Waals surface area contributed by atoms with Crippen molar-refractivity contribution in [2.24, 2.45) is 0 Å². The van der Waals surface area contributed by atoms with E-state index < -0.39 is 0 Å². The van der Waals surface area contributed by atoms with Crippen molar-refractivity contribution in [3.8, 4) is 5.75 Å². The van der Waals surface area contributed by atoms with Gasteiger partial charge in [-0.05, 0) is 75.0 Å². The molecule has 0 spiro atoms. The van der Waals surface area contributed by atoms with Crippen LogP contribution in [0.15, 0.2) is 22.9 Å². The quantitative estimate of drug-likeness (QED) is 0.890. The van der Waals surface area contributed by atoms with Gasteiger partial charge in [0.15, 0.2) is 0 Å². The van der Waals surface area contributed by atoms with Crippen molar-refractivity contribution in [3.63, 3.8) is 0 Å². The van der Waals surface area contributed by atoms with Crippen LogP contribution in [0.3, 0.4) is 0 Å². The number of pyridine rings is 1. The van der Waals surface area contributed by atoms with Gasteiger partial charge in [-0.25, -0.2) is 0 Å². The summed E-state index contributed by atoms with van der Waals surface area (Å²) in [6, 6.07) is 1.99. The van der Waals surface area contributed by atoms with Crippen LogP contribution in [0.25, 0.3) is 0 Å². The number of rotatable bonds is 5. The van der Waals surface area contributed by atoms with Crippen LogP contribution in [0.5, 0.6) is 5.75 Å². The highest BCUT2D eigenvalue weighted by atomic mass is 79.9. The Morgan fingerprint density at radius 1 is 1.37 bits per heavy atom. The van der Waals surface area contributed by atoms with Crippen LogP contribution in [0.4, 0.5) is 0 Å². The number of hydrogen-bond acceptors (Lipinski definition) is 3. The fourth-order valence-corrected chi connectivity index (χ4v) is 2.68. The average molecular weight is 327 g/mol. The second kappa shape index (κ2) is 5.80. The lowest BCUT2D eigenvalue weighted by Crippen LogP contribution is -2.47. The lowest BCUT2D eigenvalue weighted by Gasteiger charge is -2.42. The molecule has 1 saturated carbocycles. The Labute approximate surface area is 124 Å². The van der Waals surface area contributed by atoms with Crippen LogP contribution in [-0.4, -0.2) is 22.7 Å². The van der Waals surface area contributed by atoms with Crippen LogP contribution in [-0.2, 0) is 0 Å². The molecule has 1 aliphatic rings. The standard InChI is InChI=1S/C15H23BrN2O/c1-14(2,3)18-8-7-15(5-4-6-15)19-13-9-12(16)10-17-11-13/h9-11,18H,4-8H2,1-3H3. The normalized spacial score (nSPS) is 17.9. The maximum Gasteiger partial charge on any atom is 0.139 e. The molecule has 0 unspecified atom stereocenters. The molecule has 0 amide bonds. The van der Waals surface area contributed by atoms with E-state index in [0.717, 1.165) is 36.0 Å². The fourth-order valence-electron chi connectivity index (χ4n) is 2.34. The minimum atomic E-state index is 0.0146.